The largest absolute Gasteiger partial charge is 0.381 e. The summed E-state index contributed by atoms with van der Waals surface area (Å²) in [6.07, 6.45) is 3.17. The minimum absolute atomic E-state index is 0.00861. The monoisotopic (exact) mass is 273 g/mol. The predicted molar refractivity (Wildman–Crippen MR) is 71.6 cm³/mol. The molecule has 0 aliphatic carbocycles. The zero-order valence-corrected chi connectivity index (χ0v) is 11.2. The van der Waals surface area contributed by atoms with Crippen molar-refractivity contribution < 1.29 is 4.74 Å². The van der Waals surface area contributed by atoms with Gasteiger partial charge in [-0.3, -0.25) is 0 Å². The number of hydrogen-bond donors (Lipinski definition) is 1. The van der Waals surface area contributed by atoms with Gasteiger partial charge in [-0.15, -0.1) is 0 Å². The number of nitrogens with two attached hydrogens (primary N) is 1. The maximum Gasteiger partial charge on any atom is 0.0468 e. The van der Waals surface area contributed by atoms with Crippen LogP contribution in [0.2, 0.25) is 10.0 Å². The Bertz CT molecular complexity index is 357. The van der Waals surface area contributed by atoms with E-state index in [1.165, 1.54) is 0 Å². The molecule has 2 rings (SSSR count). The Balaban J connectivity index is 2.00. The Morgan fingerprint density at radius 1 is 1.18 bits per heavy atom. The first-order valence-electron chi connectivity index (χ1n) is 5.94. The van der Waals surface area contributed by atoms with Gasteiger partial charge in [0, 0.05) is 29.3 Å². The lowest BCUT2D eigenvalue weighted by atomic mass is 9.90. The summed E-state index contributed by atoms with van der Waals surface area (Å²) in [5.74, 6) is 0.650. The van der Waals surface area contributed by atoms with E-state index in [9.17, 15) is 0 Å². The molecule has 17 heavy (non-hydrogen) atoms. The molecule has 0 saturated carbocycles. The smallest absolute Gasteiger partial charge is 0.0468 e. The van der Waals surface area contributed by atoms with Crippen LogP contribution in [0, 0.1) is 5.92 Å². The van der Waals surface area contributed by atoms with Crippen molar-refractivity contribution in [2.24, 2.45) is 11.7 Å². The molecule has 1 atom stereocenters. The predicted octanol–water partition coefficient (Wildman–Crippen LogP) is 3.81. The summed E-state index contributed by atoms with van der Waals surface area (Å²) in [6, 6.07) is 5.54. The van der Waals surface area contributed by atoms with Crippen molar-refractivity contribution in [3.05, 3.63) is 33.8 Å². The van der Waals surface area contributed by atoms with Gasteiger partial charge in [-0.2, -0.15) is 0 Å². The van der Waals surface area contributed by atoms with Crippen LogP contribution in [0.25, 0.3) is 0 Å². The maximum absolute atomic E-state index is 6.21. The second kappa shape index (κ2) is 6.05. The number of ether oxygens (including phenoxy) is 1. The standard InChI is InChI=1S/C13H17Cl2NO/c14-11-6-10(7-12(15)8-11)13(16)5-9-1-3-17-4-2-9/h6-9,13H,1-5,16H2. The summed E-state index contributed by atoms with van der Waals surface area (Å²) < 4.78 is 5.34. The van der Waals surface area contributed by atoms with Crippen LogP contribution in [0.5, 0.6) is 0 Å². The summed E-state index contributed by atoms with van der Waals surface area (Å²) in [6.45, 7) is 1.71. The van der Waals surface area contributed by atoms with Crippen LogP contribution in [0.1, 0.15) is 30.9 Å². The van der Waals surface area contributed by atoms with Gasteiger partial charge in [0.1, 0.15) is 0 Å². The molecule has 0 aromatic heterocycles. The van der Waals surface area contributed by atoms with E-state index in [1.54, 1.807) is 6.07 Å². The summed E-state index contributed by atoms with van der Waals surface area (Å²) in [7, 11) is 0. The third kappa shape index (κ3) is 3.85. The summed E-state index contributed by atoms with van der Waals surface area (Å²) in [5.41, 5.74) is 7.23. The Kier molecular flexibility index (Phi) is 4.69. The molecule has 0 amide bonds. The highest BCUT2D eigenvalue weighted by atomic mass is 35.5. The maximum atomic E-state index is 6.21. The fourth-order valence-electron chi connectivity index (χ4n) is 2.27. The first-order chi connectivity index (χ1) is 8.15. The van der Waals surface area contributed by atoms with Gasteiger partial charge in [-0.25, -0.2) is 0 Å². The van der Waals surface area contributed by atoms with Crippen LogP contribution in [0.15, 0.2) is 18.2 Å². The van der Waals surface area contributed by atoms with E-state index in [4.69, 9.17) is 33.7 Å². The molecule has 0 radical (unpaired) electrons. The van der Waals surface area contributed by atoms with Crippen molar-refractivity contribution in [3.63, 3.8) is 0 Å². The van der Waals surface area contributed by atoms with Crippen molar-refractivity contribution in [3.8, 4) is 0 Å². The third-order valence-corrected chi connectivity index (χ3v) is 3.68. The fourth-order valence-corrected chi connectivity index (χ4v) is 2.81. The normalized spacial score (nSPS) is 19.2. The molecule has 1 unspecified atom stereocenters. The second-order valence-corrected chi connectivity index (χ2v) is 5.47. The van der Waals surface area contributed by atoms with Crippen molar-refractivity contribution in [2.45, 2.75) is 25.3 Å². The van der Waals surface area contributed by atoms with E-state index >= 15 is 0 Å². The highest BCUT2D eigenvalue weighted by Crippen LogP contribution is 2.29. The molecule has 1 saturated heterocycles. The van der Waals surface area contributed by atoms with Crippen molar-refractivity contribution in [2.75, 3.05) is 13.2 Å². The molecule has 2 N–H and O–H groups in total. The molecule has 1 aliphatic heterocycles. The van der Waals surface area contributed by atoms with Gasteiger partial charge in [-0.1, -0.05) is 23.2 Å². The summed E-state index contributed by atoms with van der Waals surface area (Å²) in [5, 5.41) is 1.30. The Labute approximate surface area is 112 Å². The van der Waals surface area contributed by atoms with E-state index in [2.05, 4.69) is 0 Å². The SMILES string of the molecule is NC(CC1CCOCC1)c1cc(Cl)cc(Cl)c1. The molecule has 1 aromatic carbocycles. The minimum atomic E-state index is 0.00861. The number of benzene rings is 1. The summed E-state index contributed by atoms with van der Waals surface area (Å²) in [4.78, 5) is 0. The number of rotatable bonds is 3. The molecule has 1 fully saturated rings. The fraction of sp³-hybridized carbons (Fsp3) is 0.538. The first-order valence-corrected chi connectivity index (χ1v) is 6.70. The van der Waals surface area contributed by atoms with Crippen molar-refractivity contribution in [1.29, 1.82) is 0 Å². The van der Waals surface area contributed by atoms with E-state index in [-0.39, 0.29) is 6.04 Å². The van der Waals surface area contributed by atoms with Crippen LogP contribution in [0.4, 0.5) is 0 Å². The lowest BCUT2D eigenvalue weighted by Gasteiger charge is -2.25. The van der Waals surface area contributed by atoms with Crippen LogP contribution < -0.4 is 5.73 Å². The number of halogens is 2. The molecular formula is C13H17Cl2NO. The molecule has 0 spiro atoms. The van der Waals surface area contributed by atoms with Gasteiger partial charge in [0.2, 0.25) is 0 Å². The van der Waals surface area contributed by atoms with Crippen LogP contribution in [-0.2, 0) is 4.74 Å². The molecule has 0 bridgehead atoms. The summed E-state index contributed by atoms with van der Waals surface area (Å²) >= 11 is 12.0. The van der Waals surface area contributed by atoms with Crippen LogP contribution in [-0.4, -0.2) is 13.2 Å². The van der Waals surface area contributed by atoms with Crippen molar-refractivity contribution >= 4 is 23.2 Å². The molecule has 94 valence electrons. The third-order valence-electron chi connectivity index (χ3n) is 3.24. The lowest BCUT2D eigenvalue weighted by Crippen LogP contribution is -2.21. The Morgan fingerprint density at radius 2 is 1.76 bits per heavy atom. The van der Waals surface area contributed by atoms with Gasteiger partial charge in [0.15, 0.2) is 0 Å². The van der Waals surface area contributed by atoms with Gasteiger partial charge < -0.3 is 10.5 Å². The Hall–Kier alpha value is -0.280. The zero-order chi connectivity index (χ0) is 12.3. The lowest BCUT2D eigenvalue weighted by molar-refractivity contribution is 0.0618. The Morgan fingerprint density at radius 3 is 2.35 bits per heavy atom. The van der Waals surface area contributed by atoms with E-state index in [0.29, 0.717) is 16.0 Å². The zero-order valence-electron chi connectivity index (χ0n) is 9.66. The van der Waals surface area contributed by atoms with Gasteiger partial charge in [0.05, 0.1) is 0 Å². The minimum Gasteiger partial charge on any atom is -0.381 e. The average Bonchev–Trinajstić information content (AvgIpc) is 2.29. The highest BCUT2D eigenvalue weighted by Gasteiger charge is 2.18. The molecule has 2 nitrogen and oxygen atoms in total. The van der Waals surface area contributed by atoms with E-state index in [1.807, 2.05) is 12.1 Å². The van der Waals surface area contributed by atoms with Gasteiger partial charge in [-0.05, 0) is 48.9 Å². The molecule has 1 aliphatic rings. The quantitative estimate of drug-likeness (QED) is 0.909. The molecule has 1 aromatic rings. The number of hydrogen-bond acceptors (Lipinski definition) is 2. The van der Waals surface area contributed by atoms with Crippen LogP contribution >= 0.6 is 23.2 Å². The second-order valence-electron chi connectivity index (χ2n) is 4.60. The molecule has 4 heteroatoms. The van der Waals surface area contributed by atoms with Crippen LogP contribution in [0.3, 0.4) is 0 Å². The van der Waals surface area contributed by atoms with Gasteiger partial charge >= 0.3 is 0 Å². The van der Waals surface area contributed by atoms with E-state index < -0.39 is 0 Å². The first kappa shape index (κ1) is 13.2. The average molecular weight is 274 g/mol. The highest BCUT2D eigenvalue weighted by molar-refractivity contribution is 6.34. The molecule has 1 heterocycles. The molecular weight excluding hydrogens is 257 g/mol. The van der Waals surface area contributed by atoms with Gasteiger partial charge in [0.25, 0.3) is 0 Å². The van der Waals surface area contributed by atoms with E-state index in [0.717, 1.165) is 38.0 Å². The topological polar surface area (TPSA) is 35.2 Å². The van der Waals surface area contributed by atoms with Crippen molar-refractivity contribution in [1.82, 2.24) is 0 Å².